The van der Waals surface area contributed by atoms with Crippen molar-refractivity contribution in [3.05, 3.63) is 180 Å². The van der Waals surface area contributed by atoms with E-state index in [0.717, 1.165) is 0 Å². The van der Waals surface area contributed by atoms with Gasteiger partial charge in [-0.05, 0) is 27.7 Å². The Morgan fingerprint density at radius 1 is 0.220 bits per heavy atom. The monoisotopic (exact) mass is 552 g/mol. The van der Waals surface area contributed by atoms with E-state index in [1.165, 1.54) is 22.3 Å². The molecule has 0 amide bonds. The Bertz CT molecular complexity index is 863. The Hall–Kier alpha value is -3.90. The van der Waals surface area contributed by atoms with Crippen LogP contribution in [0, 0.1) is 27.7 Å². The van der Waals surface area contributed by atoms with Crippen molar-refractivity contribution in [2.24, 2.45) is 0 Å². The molecule has 0 unspecified atom stereocenters. The summed E-state index contributed by atoms with van der Waals surface area (Å²) in [6.45, 7) is 20.3. The van der Waals surface area contributed by atoms with Crippen molar-refractivity contribution < 1.29 is 0 Å². The highest BCUT2D eigenvalue weighted by atomic mass is 13.8. The first-order chi connectivity index (χ1) is 19.6. The second kappa shape index (κ2) is 38.2. The maximum Gasteiger partial charge on any atom is -0.0398 e. The summed E-state index contributed by atoms with van der Waals surface area (Å²) in [5.74, 6) is 0. The van der Waals surface area contributed by atoms with Crippen LogP contribution in [0.5, 0.6) is 0 Å². The molecule has 0 radical (unpaired) electrons. The highest BCUT2D eigenvalue weighted by Gasteiger charge is 1.74. The van der Waals surface area contributed by atoms with Gasteiger partial charge in [0.15, 0.2) is 0 Å². The molecule has 0 saturated carbocycles. The van der Waals surface area contributed by atoms with Crippen LogP contribution < -0.4 is 0 Å². The first kappa shape index (κ1) is 44.1. The van der Waals surface area contributed by atoms with E-state index in [-0.39, 0.29) is 7.43 Å². The van der Waals surface area contributed by atoms with Crippen LogP contribution in [0.15, 0.2) is 158 Å². The number of hydrogen-bond donors (Lipinski definition) is 0. The predicted octanol–water partition coefficient (Wildman–Crippen LogP) is 13.4. The SMILES string of the molecule is C.CC.CC.CC.Cc1ccccc1.Cc1ccccc1.Cc1ccccc1.Cc1ccccc1.c1ccccc1. The lowest BCUT2D eigenvalue weighted by molar-refractivity contribution is 1.48. The third-order valence-electron chi connectivity index (χ3n) is 4.43. The lowest BCUT2D eigenvalue weighted by Crippen LogP contribution is -1.62. The van der Waals surface area contributed by atoms with Crippen molar-refractivity contribution in [1.29, 1.82) is 0 Å². The van der Waals surface area contributed by atoms with Crippen LogP contribution >= 0.6 is 0 Å². The fourth-order valence-electron chi connectivity index (χ4n) is 2.52. The predicted molar refractivity (Wildman–Crippen MR) is 192 cm³/mol. The Morgan fingerprint density at radius 3 is 0.390 bits per heavy atom. The maximum absolute atomic E-state index is 2.08. The number of rotatable bonds is 0. The zero-order valence-electron chi connectivity index (χ0n) is 27.0. The van der Waals surface area contributed by atoms with Crippen LogP contribution in [0.2, 0.25) is 0 Å². The van der Waals surface area contributed by atoms with E-state index in [9.17, 15) is 0 Å². The average molecular weight is 553 g/mol. The molecule has 0 fully saturated rings. The first-order valence-corrected chi connectivity index (χ1v) is 14.6. The summed E-state index contributed by atoms with van der Waals surface area (Å²) in [4.78, 5) is 0. The van der Waals surface area contributed by atoms with Crippen LogP contribution in [-0.4, -0.2) is 0 Å². The van der Waals surface area contributed by atoms with Gasteiger partial charge >= 0.3 is 0 Å². The molecule has 0 nitrogen and oxygen atoms in total. The molecule has 0 heterocycles. The molecule has 0 bridgehead atoms. The number of hydrogen-bond acceptors (Lipinski definition) is 0. The van der Waals surface area contributed by atoms with Gasteiger partial charge in [-0.2, -0.15) is 0 Å². The summed E-state index contributed by atoms with van der Waals surface area (Å²) in [5, 5.41) is 0. The van der Waals surface area contributed by atoms with Crippen LogP contribution in [-0.2, 0) is 0 Å². The van der Waals surface area contributed by atoms with Crippen molar-refractivity contribution in [2.75, 3.05) is 0 Å². The van der Waals surface area contributed by atoms with Gasteiger partial charge in [0.2, 0.25) is 0 Å². The molecule has 224 valence electrons. The highest BCUT2D eigenvalue weighted by Crippen LogP contribution is 1.94. The Balaban J connectivity index is -0.000000198. The maximum atomic E-state index is 2.08. The topological polar surface area (TPSA) is 0 Å². The van der Waals surface area contributed by atoms with E-state index >= 15 is 0 Å². The minimum atomic E-state index is 0. The molecule has 0 spiro atoms. The van der Waals surface area contributed by atoms with Gasteiger partial charge in [0.25, 0.3) is 0 Å². The summed E-state index contributed by atoms with van der Waals surface area (Å²) < 4.78 is 0. The molecule has 0 heteroatoms. The molecule has 41 heavy (non-hydrogen) atoms. The summed E-state index contributed by atoms with van der Waals surface area (Å²) in [6.07, 6.45) is 0. The third-order valence-corrected chi connectivity index (χ3v) is 4.43. The van der Waals surface area contributed by atoms with E-state index in [2.05, 4.69) is 76.2 Å². The molecule has 0 aliphatic carbocycles. The van der Waals surface area contributed by atoms with Crippen LogP contribution in [0.25, 0.3) is 0 Å². The van der Waals surface area contributed by atoms with E-state index in [4.69, 9.17) is 0 Å². The Morgan fingerprint density at radius 2 is 0.317 bits per heavy atom. The van der Waals surface area contributed by atoms with Crippen LogP contribution in [0.4, 0.5) is 0 Å². The molecular formula is C41H60. The molecule has 5 aromatic carbocycles. The van der Waals surface area contributed by atoms with Crippen molar-refractivity contribution in [1.82, 2.24) is 0 Å². The molecule has 0 aromatic heterocycles. The van der Waals surface area contributed by atoms with Gasteiger partial charge in [-0.1, -0.05) is 229 Å². The summed E-state index contributed by atoms with van der Waals surface area (Å²) in [7, 11) is 0. The van der Waals surface area contributed by atoms with Gasteiger partial charge in [-0.15, -0.1) is 0 Å². The van der Waals surface area contributed by atoms with Crippen molar-refractivity contribution in [2.45, 2.75) is 76.7 Å². The average Bonchev–Trinajstić information content (AvgIpc) is 3.04. The summed E-state index contributed by atoms with van der Waals surface area (Å²) in [5.41, 5.74) is 5.29. The minimum absolute atomic E-state index is 0. The van der Waals surface area contributed by atoms with Gasteiger partial charge < -0.3 is 0 Å². The zero-order chi connectivity index (χ0) is 30.7. The van der Waals surface area contributed by atoms with Gasteiger partial charge in [0.1, 0.15) is 0 Å². The van der Waals surface area contributed by atoms with E-state index in [1.54, 1.807) is 0 Å². The Labute approximate surface area is 256 Å². The van der Waals surface area contributed by atoms with Crippen molar-refractivity contribution >= 4 is 0 Å². The lowest BCUT2D eigenvalue weighted by Gasteiger charge is -1.82. The smallest absolute Gasteiger partial charge is 0.0398 e. The molecule has 0 aliphatic rings. The standard InChI is InChI=1S/4C7H8.C6H6.3C2H6.CH4/c4*1-7-5-3-2-4-6-7;1-2-4-6-5-3-1;3*1-2;/h4*2-6H,1H3;1-6H;3*1-2H3;1H4. The normalized spacial score (nSPS) is 7.56. The molecule has 0 N–H and O–H groups in total. The fraction of sp³-hybridized carbons (Fsp3) is 0.268. The third kappa shape index (κ3) is 36.1. The minimum Gasteiger partial charge on any atom is -0.0776 e. The fourth-order valence-corrected chi connectivity index (χ4v) is 2.52. The largest absolute Gasteiger partial charge is 0.0776 e. The molecular weight excluding hydrogens is 492 g/mol. The second-order valence-corrected chi connectivity index (χ2v) is 7.77. The number of aryl methyl sites for hydroxylation is 4. The molecule has 0 aliphatic heterocycles. The molecule has 0 saturated heterocycles. The summed E-state index contributed by atoms with van der Waals surface area (Å²) in [6, 6.07) is 53.0. The first-order valence-electron chi connectivity index (χ1n) is 14.6. The van der Waals surface area contributed by atoms with E-state index < -0.39 is 0 Å². The van der Waals surface area contributed by atoms with E-state index in [0.29, 0.717) is 0 Å². The molecule has 5 rings (SSSR count). The Kier molecular flexibility index (Phi) is 41.2. The second-order valence-electron chi connectivity index (χ2n) is 7.77. The number of benzene rings is 5. The van der Waals surface area contributed by atoms with Crippen LogP contribution in [0.3, 0.4) is 0 Å². The quantitative estimate of drug-likeness (QED) is 0.179. The van der Waals surface area contributed by atoms with Crippen molar-refractivity contribution in [3.63, 3.8) is 0 Å². The van der Waals surface area contributed by atoms with Gasteiger partial charge in [-0.3, -0.25) is 0 Å². The summed E-state index contributed by atoms with van der Waals surface area (Å²) >= 11 is 0. The van der Waals surface area contributed by atoms with Crippen LogP contribution in [0.1, 0.15) is 71.2 Å². The van der Waals surface area contributed by atoms with E-state index in [1.807, 2.05) is 151 Å². The molecule has 0 atom stereocenters. The highest BCUT2D eigenvalue weighted by molar-refractivity contribution is 5.13. The lowest BCUT2D eigenvalue weighted by atomic mass is 10.2. The zero-order valence-corrected chi connectivity index (χ0v) is 27.0. The van der Waals surface area contributed by atoms with Gasteiger partial charge in [0, 0.05) is 0 Å². The van der Waals surface area contributed by atoms with Crippen molar-refractivity contribution in [3.8, 4) is 0 Å². The van der Waals surface area contributed by atoms with Gasteiger partial charge in [-0.25, -0.2) is 0 Å². The van der Waals surface area contributed by atoms with Gasteiger partial charge in [0.05, 0.1) is 0 Å². The molecule has 5 aromatic rings.